The third-order valence-corrected chi connectivity index (χ3v) is 0.635. The van der Waals surface area contributed by atoms with E-state index in [1.165, 1.54) is 0 Å². The summed E-state index contributed by atoms with van der Waals surface area (Å²) in [5, 5.41) is 2.89. The maximum Gasteiger partial charge on any atom is 0.293 e. The van der Waals surface area contributed by atoms with Crippen LogP contribution in [0.1, 0.15) is 6.92 Å². The van der Waals surface area contributed by atoms with Gasteiger partial charge in [-0.05, 0) is 0 Å². The van der Waals surface area contributed by atoms with Crippen molar-refractivity contribution < 1.29 is 0 Å². The minimum absolute atomic E-state index is 0.968. The SMILES string of the molecule is CC1=[N+]C=CN1. The van der Waals surface area contributed by atoms with Gasteiger partial charge >= 0.3 is 0 Å². The third kappa shape index (κ3) is 0.407. The van der Waals surface area contributed by atoms with Crippen molar-refractivity contribution in [2.45, 2.75) is 6.92 Å². The predicted molar refractivity (Wildman–Crippen MR) is 25.1 cm³/mol. The van der Waals surface area contributed by atoms with Crippen molar-refractivity contribution in [2.24, 2.45) is 0 Å². The molecule has 31 valence electrons. The van der Waals surface area contributed by atoms with Gasteiger partial charge < -0.3 is 0 Å². The number of rotatable bonds is 0. The Kier molecular flexibility index (Phi) is 0.638. The molecule has 0 aromatic rings. The van der Waals surface area contributed by atoms with Crippen molar-refractivity contribution in [3.8, 4) is 0 Å². The van der Waals surface area contributed by atoms with Gasteiger partial charge in [0.1, 0.15) is 6.20 Å². The van der Waals surface area contributed by atoms with Crippen LogP contribution in [0.2, 0.25) is 0 Å². The first-order valence-corrected chi connectivity index (χ1v) is 1.85. The fraction of sp³-hybridized carbons (Fsp3) is 0.250. The van der Waals surface area contributed by atoms with Gasteiger partial charge in [-0.1, -0.05) is 4.99 Å². The summed E-state index contributed by atoms with van der Waals surface area (Å²) in [6, 6.07) is 0. The van der Waals surface area contributed by atoms with E-state index in [2.05, 4.69) is 10.3 Å². The quantitative estimate of drug-likeness (QED) is 0.431. The van der Waals surface area contributed by atoms with Crippen LogP contribution in [0, 0.1) is 0 Å². The topological polar surface area (TPSA) is 26.1 Å². The molecule has 0 amide bonds. The van der Waals surface area contributed by atoms with E-state index in [9.17, 15) is 0 Å². The number of hydrogen-bond donors (Lipinski definition) is 1. The summed E-state index contributed by atoms with van der Waals surface area (Å²) in [5.74, 6) is 0.968. The highest BCUT2D eigenvalue weighted by atomic mass is 15.0. The van der Waals surface area contributed by atoms with Gasteiger partial charge in [-0.25, -0.2) is 5.32 Å². The van der Waals surface area contributed by atoms with Crippen molar-refractivity contribution in [2.75, 3.05) is 0 Å². The van der Waals surface area contributed by atoms with E-state index in [4.69, 9.17) is 0 Å². The minimum Gasteiger partial charge on any atom is -0.244 e. The van der Waals surface area contributed by atoms with Crippen LogP contribution in [-0.2, 0) is 0 Å². The molecule has 1 N–H and O–H groups in total. The first-order valence-electron chi connectivity index (χ1n) is 1.85. The molecule has 2 heteroatoms. The highest BCUT2D eigenvalue weighted by molar-refractivity contribution is 5.81. The van der Waals surface area contributed by atoms with E-state index in [0.29, 0.717) is 0 Å². The zero-order chi connectivity index (χ0) is 4.41. The molecule has 2 nitrogen and oxygen atoms in total. The summed E-state index contributed by atoms with van der Waals surface area (Å²) >= 11 is 0. The van der Waals surface area contributed by atoms with E-state index >= 15 is 0 Å². The molecule has 0 aromatic heterocycles. The van der Waals surface area contributed by atoms with Crippen LogP contribution >= 0.6 is 0 Å². The maximum absolute atomic E-state index is 3.86. The van der Waals surface area contributed by atoms with Crippen LogP contribution in [0.25, 0.3) is 0 Å². The summed E-state index contributed by atoms with van der Waals surface area (Å²) in [4.78, 5) is 3.86. The summed E-state index contributed by atoms with van der Waals surface area (Å²) in [6.07, 6.45) is 3.53. The van der Waals surface area contributed by atoms with Crippen LogP contribution in [0.5, 0.6) is 0 Å². The van der Waals surface area contributed by atoms with Gasteiger partial charge in [0, 0.05) is 6.92 Å². The Morgan fingerprint density at radius 2 is 2.67 bits per heavy atom. The fourth-order valence-electron chi connectivity index (χ4n) is 0.344. The Balaban J connectivity index is 2.61. The van der Waals surface area contributed by atoms with Gasteiger partial charge in [-0.15, -0.1) is 0 Å². The average Bonchev–Trinajstić information content (AvgIpc) is 1.86. The van der Waals surface area contributed by atoms with E-state index in [1.54, 1.807) is 12.4 Å². The summed E-state index contributed by atoms with van der Waals surface area (Å²) < 4.78 is 0. The summed E-state index contributed by atoms with van der Waals surface area (Å²) in [7, 11) is 0. The highest BCUT2D eigenvalue weighted by Crippen LogP contribution is 1.70. The number of amidine groups is 1. The molecular weight excluding hydrogens is 76.1 g/mol. The van der Waals surface area contributed by atoms with Crippen LogP contribution < -0.4 is 10.3 Å². The molecular formula is C4H6N2+. The van der Waals surface area contributed by atoms with Gasteiger partial charge in [-0.2, -0.15) is 0 Å². The van der Waals surface area contributed by atoms with E-state index in [1.807, 2.05) is 6.92 Å². The van der Waals surface area contributed by atoms with E-state index < -0.39 is 0 Å². The second-order valence-electron chi connectivity index (χ2n) is 1.17. The van der Waals surface area contributed by atoms with Crippen molar-refractivity contribution in [3.05, 3.63) is 12.4 Å². The van der Waals surface area contributed by atoms with Crippen molar-refractivity contribution in [1.29, 1.82) is 0 Å². The smallest absolute Gasteiger partial charge is 0.244 e. The van der Waals surface area contributed by atoms with Crippen molar-refractivity contribution >= 4 is 5.84 Å². The second-order valence-corrected chi connectivity index (χ2v) is 1.17. The zero-order valence-electron chi connectivity index (χ0n) is 3.60. The minimum atomic E-state index is 0.968. The molecule has 1 radical (unpaired) electrons. The molecule has 0 atom stereocenters. The summed E-state index contributed by atoms with van der Waals surface area (Å²) in [6.45, 7) is 1.92. The molecule has 1 aliphatic heterocycles. The van der Waals surface area contributed by atoms with Crippen molar-refractivity contribution in [1.82, 2.24) is 10.3 Å². The third-order valence-electron chi connectivity index (χ3n) is 0.635. The van der Waals surface area contributed by atoms with Gasteiger partial charge in [0.2, 0.25) is 0 Å². The Bertz CT molecular complexity index is 102. The van der Waals surface area contributed by atoms with Crippen LogP contribution in [0.3, 0.4) is 0 Å². The molecule has 1 aliphatic rings. The number of nitrogens with zero attached hydrogens (tertiary/aromatic N) is 1. The fourth-order valence-corrected chi connectivity index (χ4v) is 0.344. The highest BCUT2D eigenvalue weighted by Gasteiger charge is 1.99. The molecule has 0 fully saturated rings. The number of hydrogen-bond acceptors (Lipinski definition) is 2. The lowest BCUT2D eigenvalue weighted by molar-refractivity contribution is 1.29. The molecule has 0 spiro atoms. The molecule has 6 heavy (non-hydrogen) atoms. The Morgan fingerprint density at radius 3 is 2.83 bits per heavy atom. The lowest BCUT2D eigenvalue weighted by Crippen LogP contribution is -2.10. The van der Waals surface area contributed by atoms with Crippen LogP contribution in [0.15, 0.2) is 12.4 Å². The van der Waals surface area contributed by atoms with Crippen LogP contribution in [-0.4, -0.2) is 5.84 Å². The lowest BCUT2D eigenvalue weighted by Gasteiger charge is -1.69. The number of aliphatic imine (C=N–C) groups is 1. The van der Waals surface area contributed by atoms with Gasteiger partial charge in [0.05, 0.1) is 0 Å². The Hall–Kier alpha value is -0.790. The maximum atomic E-state index is 3.86. The zero-order valence-corrected chi connectivity index (χ0v) is 3.60. The lowest BCUT2D eigenvalue weighted by atomic mass is 10.7. The normalized spacial score (nSPS) is 17.2. The molecule has 0 saturated carbocycles. The molecule has 0 aromatic carbocycles. The molecule has 0 bridgehead atoms. The van der Waals surface area contributed by atoms with Gasteiger partial charge in [0.15, 0.2) is 6.20 Å². The monoisotopic (exact) mass is 82.1 g/mol. The second kappa shape index (κ2) is 1.12. The predicted octanol–water partition coefficient (Wildman–Crippen LogP) is -0.185. The summed E-state index contributed by atoms with van der Waals surface area (Å²) in [5.41, 5.74) is 0. The van der Waals surface area contributed by atoms with Crippen molar-refractivity contribution in [3.63, 3.8) is 0 Å². The van der Waals surface area contributed by atoms with E-state index in [-0.39, 0.29) is 0 Å². The Labute approximate surface area is 36.6 Å². The van der Waals surface area contributed by atoms with Gasteiger partial charge in [0.25, 0.3) is 5.84 Å². The van der Waals surface area contributed by atoms with Gasteiger partial charge in [-0.3, -0.25) is 0 Å². The van der Waals surface area contributed by atoms with Crippen LogP contribution in [0.4, 0.5) is 0 Å². The molecule has 0 unspecified atom stereocenters. The first kappa shape index (κ1) is 3.40. The number of nitrogens with one attached hydrogen (secondary N) is 1. The average molecular weight is 82.1 g/mol. The molecule has 0 aliphatic carbocycles. The molecule has 1 heterocycles. The standard InChI is InChI=1S/C4H6N2/c1-4-5-2-3-6-4/h2-3,5H,1H3/q+1. The Morgan fingerprint density at radius 1 is 1.83 bits per heavy atom. The van der Waals surface area contributed by atoms with E-state index in [0.717, 1.165) is 5.84 Å². The molecule has 0 saturated heterocycles. The molecule has 1 rings (SSSR count). The largest absolute Gasteiger partial charge is 0.293 e. The first-order chi connectivity index (χ1) is 2.89.